The summed E-state index contributed by atoms with van der Waals surface area (Å²) in [7, 11) is 0. The normalized spacial score (nSPS) is 18.9. The first-order valence-corrected chi connectivity index (χ1v) is 14.7. The number of hydrogen-bond donors (Lipinski definition) is 1. The Labute approximate surface area is 244 Å². The van der Waals surface area contributed by atoms with Crippen LogP contribution in [0.2, 0.25) is 0 Å². The molecule has 0 aromatic heterocycles. The Kier molecular flexibility index (Phi) is 4.09. The van der Waals surface area contributed by atoms with Crippen LogP contribution in [-0.2, 0) is 5.54 Å². The van der Waals surface area contributed by atoms with Gasteiger partial charge in [0.1, 0.15) is 5.54 Å². The van der Waals surface area contributed by atoms with E-state index in [-0.39, 0.29) is 5.92 Å². The summed E-state index contributed by atoms with van der Waals surface area (Å²) in [6.45, 7) is 0. The molecule has 0 radical (unpaired) electrons. The van der Waals surface area contributed by atoms with Crippen LogP contribution in [0.5, 0.6) is 0 Å². The molecule has 0 saturated heterocycles. The summed E-state index contributed by atoms with van der Waals surface area (Å²) in [5, 5.41) is 5.04. The van der Waals surface area contributed by atoms with Crippen molar-refractivity contribution in [3.63, 3.8) is 0 Å². The maximum absolute atomic E-state index is 6.70. The SMILES string of the molecule is Nc1ccccc1-c1c2ccccc2c2c3c(cccc13)C13c4ccccc4C(c4ccccc4N21)c1ccccc13. The van der Waals surface area contributed by atoms with Gasteiger partial charge in [0.2, 0.25) is 0 Å². The van der Waals surface area contributed by atoms with Gasteiger partial charge in [-0.3, -0.25) is 0 Å². The van der Waals surface area contributed by atoms with Crippen molar-refractivity contribution in [3.05, 3.63) is 173 Å². The number of fused-ring (bicyclic) bond motifs is 2. The van der Waals surface area contributed by atoms with Gasteiger partial charge in [-0.2, -0.15) is 0 Å². The van der Waals surface area contributed by atoms with E-state index in [2.05, 4.69) is 132 Å². The number of anilines is 3. The molecular weight excluding hydrogens is 508 g/mol. The molecule has 3 heterocycles. The van der Waals surface area contributed by atoms with Gasteiger partial charge in [0.15, 0.2) is 0 Å². The highest BCUT2D eigenvalue weighted by molar-refractivity contribution is 6.26. The predicted molar refractivity (Wildman–Crippen MR) is 174 cm³/mol. The molecule has 7 aromatic rings. The highest BCUT2D eigenvalue weighted by Crippen LogP contribution is 2.67. The van der Waals surface area contributed by atoms with E-state index in [1.165, 1.54) is 71.9 Å². The first-order chi connectivity index (χ1) is 20.8. The Bertz CT molecular complexity index is 2250. The van der Waals surface area contributed by atoms with E-state index in [1.807, 2.05) is 12.1 Å². The second kappa shape index (κ2) is 7.69. The Morgan fingerprint density at radius 1 is 0.500 bits per heavy atom. The van der Waals surface area contributed by atoms with Gasteiger partial charge in [-0.15, -0.1) is 0 Å². The Balaban J connectivity index is 1.50. The smallest absolute Gasteiger partial charge is 0.122 e. The molecule has 7 aromatic carbocycles. The van der Waals surface area contributed by atoms with Crippen molar-refractivity contribution in [2.45, 2.75) is 11.5 Å². The summed E-state index contributed by atoms with van der Waals surface area (Å²) in [5.41, 5.74) is 20.1. The largest absolute Gasteiger partial charge is 0.398 e. The van der Waals surface area contributed by atoms with Crippen LogP contribution in [0.4, 0.5) is 17.1 Å². The number of nitrogens with two attached hydrogens (primary N) is 1. The third-order valence-corrected chi connectivity index (χ3v) is 10.0. The van der Waals surface area contributed by atoms with Crippen molar-refractivity contribution in [3.8, 4) is 11.1 Å². The lowest BCUT2D eigenvalue weighted by molar-refractivity contribution is 0.628. The molecule has 4 aliphatic rings. The van der Waals surface area contributed by atoms with E-state index in [0.717, 1.165) is 11.3 Å². The maximum atomic E-state index is 6.70. The van der Waals surface area contributed by atoms with E-state index in [9.17, 15) is 0 Å². The first-order valence-electron chi connectivity index (χ1n) is 14.7. The average Bonchev–Trinajstić information content (AvgIpc) is 3.23. The van der Waals surface area contributed by atoms with Crippen molar-refractivity contribution in [2.24, 2.45) is 0 Å². The molecule has 0 saturated carbocycles. The number of para-hydroxylation sites is 2. The Morgan fingerprint density at radius 3 is 1.83 bits per heavy atom. The van der Waals surface area contributed by atoms with Gasteiger partial charge in [0.05, 0.1) is 5.69 Å². The molecule has 1 spiro atoms. The van der Waals surface area contributed by atoms with Crippen LogP contribution in [0.15, 0.2) is 140 Å². The van der Waals surface area contributed by atoms with Crippen LogP contribution in [-0.4, -0.2) is 0 Å². The molecule has 196 valence electrons. The lowest BCUT2D eigenvalue weighted by Gasteiger charge is -2.45. The number of nitrogens with zero attached hydrogens (tertiary/aromatic N) is 1. The van der Waals surface area contributed by atoms with Gasteiger partial charge in [0, 0.05) is 33.6 Å². The van der Waals surface area contributed by atoms with Gasteiger partial charge < -0.3 is 10.6 Å². The second-order valence-corrected chi connectivity index (χ2v) is 11.8. The molecule has 2 N–H and O–H groups in total. The van der Waals surface area contributed by atoms with Crippen LogP contribution in [0.1, 0.15) is 39.3 Å². The zero-order valence-electron chi connectivity index (χ0n) is 22.9. The average molecular weight is 535 g/mol. The predicted octanol–water partition coefficient (Wildman–Crippen LogP) is 9.49. The third-order valence-electron chi connectivity index (χ3n) is 10.0. The van der Waals surface area contributed by atoms with E-state index >= 15 is 0 Å². The minimum atomic E-state index is -0.498. The van der Waals surface area contributed by atoms with E-state index in [1.54, 1.807) is 0 Å². The summed E-state index contributed by atoms with van der Waals surface area (Å²) in [6, 6.07) is 51.6. The van der Waals surface area contributed by atoms with Crippen LogP contribution in [0.3, 0.4) is 0 Å². The van der Waals surface area contributed by atoms with Gasteiger partial charge in [-0.05, 0) is 61.8 Å². The molecular formula is C40H26N2. The standard InChI is InChI=1S/C40H26N2/c41-34-22-9-5-16-28(34)36-24-12-1-2-13-25(24)39-38-30(36)18-11-21-33(38)40-31-19-7-3-14-26(31)37(27-15-4-8-20-32(27)40)29-17-6-10-23-35(29)42(39)40/h1-23,37H,41H2. The highest BCUT2D eigenvalue weighted by Gasteiger charge is 2.57. The summed E-state index contributed by atoms with van der Waals surface area (Å²) in [5.74, 6) is 0.183. The summed E-state index contributed by atoms with van der Waals surface area (Å²) in [4.78, 5) is 2.70. The molecule has 11 rings (SSSR count). The van der Waals surface area contributed by atoms with Gasteiger partial charge in [0.25, 0.3) is 0 Å². The van der Waals surface area contributed by atoms with Gasteiger partial charge in [-0.25, -0.2) is 0 Å². The van der Waals surface area contributed by atoms with Crippen LogP contribution in [0, 0.1) is 0 Å². The van der Waals surface area contributed by atoms with Gasteiger partial charge in [-0.1, -0.05) is 127 Å². The fourth-order valence-corrected chi connectivity index (χ4v) is 8.61. The van der Waals surface area contributed by atoms with E-state index < -0.39 is 5.54 Å². The van der Waals surface area contributed by atoms with E-state index in [0.29, 0.717) is 0 Å². The van der Waals surface area contributed by atoms with Crippen molar-refractivity contribution in [2.75, 3.05) is 10.6 Å². The topological polar surface area (TPSA) is 29.3 Å². The minimum Gasteiger partial charge on any atom is -0.398 e. The molecule has 0 unspecified atom stereocenters. The third kappa shape index (κ3) is 2.41. The molecule has 0 amide bonds. The molecule has 1 aliphatic carbocycles. The summed E-state index contributed by atoms with van der Waals surface area (Å²) >= 11 is 0. The summed E-state index contributed by atoms with van der Waals surface area (Å²) < 4.78 is 0. The Hall–Kier alpha value is -5.34. The number of benzene rings is 7. The fourth-order valence-electron chi connectivity index (χ4n) is 8.61. The number of rotatable bonds is 1. The zero-order valence-corrected chi connectivity index (χ0v) is 22.9. The molecule has 2 bridgehead atoms. The quantitative estimate of drug-likeness (QED) is 0.168. The summed E-state index contributed by atoms with van der Waals surface area (Å²) in [6.07, 6.45) is 0. The van der Waals surface area contributed by atoms with Crippen molar-refractivity contribution in [1.82, 2.24) is 0 Å². The zero-order chi connectivity index (χ0) is 27.6. The van der Waals surface area contributed by atoms with Crippen molar-refractivity contribution in [1.29, 1.82) is 0 Å². The molecule has 2 heteroatoms. The number of nitrogen functional groups attached to an aromatic ring is 1. The van der Waals surface area contributed by atoms with Crippen LogP contribution in [0.25, 0.3) is 32.7 Å². The van der Waals surface area contributed by atoms with Crippen LogP contribution < -0.4 is 10.6 Å². The minimum absolute atomic E-state index is 0.183. The lowest BCUT2D eigenvalue weighted by atomic mass is 9.65. The molecule has 42 heavy (non-hydrogen) atoms. The first kappa shape index (κ1) is 22.4. The molecule has 0 fully saturated rings. The lowest BCUT2D eigenvalue weighted by Crippen LogP contribution is -2.44. The van der Waals surface area contributed by atoms with Gasteiger partial charge >= 0.3 is 0 Å². The number of hydrogen-bond acceptors (Lipinski definition) is 2. The molecule has 0 atom stereocenters. The monoisotopic (exact) mass is 534 g/mol. The molecule has 2 nitrogen and oxygen atoms in total. The maximum Gasteiger partial charge on any atom is 0.122 e. The van der Waals surface area contributed by atoms with E-state index in [4.69, 9.17) is 5.73 Å². The van der Waals surface area contributed by atoms with Crippen molar-refractivity contribution >= 4 is 38.6 Å². The highest BCUT2D eigenvalue weighted by atomic mass is 15.2. The fraction of sp³-hybridized carbons (Fsp3) is 0.0500. The Morgan fingerprint density at radius 2 is 1.07 bits per heavy atom. The van der Waals surface area contributed by atoms with Crippen LogP contribution >= 0.6 is 0 Å². The van der Waals surface area contributed by atoms with Crippen molar-refractivity contribution < 1.29 is 0 Å². The molecule has 3 aliphatic heterocycles. The second-order valence-electron chi connectivity index (χ2n) is 11.8.